The van der Waals surface area contributed by atoms with Gasteiger partial charge in [-0.2, -0.15) is 16.7 Å². The highest BCUT2D eigenvalue weighted by molar-refractivity contribution is 7.99. The molecule has 212 valence electrons. The predicted octanol–water partition coefficient (Wildman–Crippen LogP) is 3.01. The third-order valence-corrected chi connectivity index (χ3v) is 8.47. The highest BCUT2D eigenvalue weighted by atomic mass is 32.2. The van der Waals surface area contributed by atoms with Crippen molar-refractivity contribution in [3.8, 4) is 11.6 Å². The summed E-state index contributed by atoms with van der Waals surface area (Å²) in [5.41, 5.74) is 0.892. The Hall–Kier alpha value is -3.38. The van der Waals surface area contributed by atoms with Gasteiger partial charge in [0.15, 0.2) is 12.4 Å². The van der Waals surface area contributed by atoms with E-state index in [1.165, 1.54) is 0 Å². The lowest BCUT2D eigenvalue weighted by Crippen LogP contribution is -2.40. The van der Waals surface area contributed by atoms with E-state index >= 15 is 0 Å². The lowest BCUT2D eigenvalue weighted by atomic mass is 9.93. The fourth-order valence-corrected chi connectivity index (χ4v) is 6.16. The van der Waals surface area contributed by atoms with Gasteiger partial charge in [0, 0.05) is 56.0 Å². The molecule has 0 unspecified atom stereocenters. The van der Waals surface area contributed by atoms with Crippen LogP contribution < -0.4 is 19.7 Å². The second kappa shape index (κ2) is 12.9. The number of carbonyl (C=O) groups is 1. The van der Waals surface area contributed by atoms with E-state index < -0.39 is 0 Å². The number of fused-ring (bicyclic) bond motifs is 1. The standard InChI is InChI=1S/C28H35N7O4S/c36-26(35-10-14-40-15-11-35)19-38-22-17-30-28(31-18-22)32-20-3-5-21(6-4-20)39-27-23-2-1-7-29-24(23)16-25(33-27)34-8-12-37-13-9-34/h1-2,7,16-18,20-21H,3-6,8-15,19H2,(H,30,31,32). The Bertz CT molecular complexity index is 1280. The van der Waals surface area contributed by atoms with E-state index in [2.05, 4.69) is 25.2 Å². The van der Waals surface area contributed by atoms with Gasteiger partial charge in [-0.15, -0.1) is 0 Å². The van der Waals surface area contributed by atoms with E-state index in [-0.39, 0.29) is 24.7 Å². The molecule has 12 heteroatoms. The molecule has 3 fully saturated rings. The molecule has 1 saturated carbocycles. The molecule has 1 aliphatic carbocycles. The maximum Gasteiger partial charge on any atom is 0.260 e. The van der Waals surface area contributed by atoms with Crippen LogP contribution in [0, 0.1) is 0 Å². The fourth-order valence-electron chi connectivity index (χ4n) is 5.26. The number of anilines is 2. The van der Waals surface area contributed by atoms with Crippen LogP contribution in [0.2, 0.25) is 0 Å². The molecule has 2 aliphatic heterocycles. The number of morpholine rings is 1. The normalized spacial score (nSPS) is 21.7. The lowest BCUT2D eigenvalue weighted by Gasteiger charge is -2.31. The smallest absolute Gasteiger partial charge is 0.260 e. The Morgan fingerprint density at radius 3 is 2.60 bits per heavy atom. The van der Waals surface area contributed by atoms with Gasteiger partial charge in [-0.25, -0.2) is 9.97 Å². The minimum atomic E-state index is 0.00811. The molecule has 3 aromatic rings. The van der Waals surface area contributed by atoms with Gasteiger partial charge in [-0.05, 0) is 37.8 Å². The largest absolute Gasteiger partial charge is 0.481 e. The maximum atomic E-state index is 12.3. The monoisotopic (exact) mass is 565 g/mol. The number of hydrogen-bond acceptors (Lipinski definition) is 11. The molecule has 2 saturated heterocycles. The number of ether oxygens (including phenoxy) is 3. The molecule has 11 nitrogen and oxygen atoms in total. The molecule has 5 heterocycles. The third kappa shape index (κ3) is 6.67. The zero-order chi connectivity index (χ0) is 27.1. The van der Waals surface area contributed by atoms with Crippen LogP contribution in [-0.4, -0.2) is 100 Å². The van der Waals surface area contributed by atoms with Gasteiger partial charge in [-0.3, -0.25) is 9.78 Å². The van der Waals surface area contributed by atoms with Gasteiger partial charge in [0.25, 0.3) is 5.91 Å². The molecule has 0 spiro atoms. The molecule has 6 rings (SSSR count). The summed E-state index contributed by atoms with van der Waals surface area (Å²) in [5, 5.41) is 4.37. The van der Waals surface area contributed by atoms with Crippen LogP contribution in [0.5, 0.6) is 11.6 Å². The van der Waals surface area contributed by atoms with Crippen molar-refractivity contribution in [3.63, 3.8) is 0 Å². The Morgan fingerprint density at radius 2 is 1.82 bits per heavy atom. The maximum absolute atomic E-state index is 12.3. The van der Waals surface area contributed by atoms with Gasteiger partial charge < -0.3 is 29.3 Å². The number of aromatic nitrogens is 4. The quantitative estimate of drug-likeness (QED) is 0.435. The predicted molar refractivity (Wildman–Crippen MR) is 154 cm³/mol. The first kappa shape index (κ1) is 26.8. The topological polar surface area (TPSA) is 115 Å². The van der Waals surface area contributed by atoms with Crippen molar-refractivity contribution in [1.29, 1.82) is 0 Å². The van der Waals surface area contributed by atoms with Crippen molar-refractivity contribution in [2.24, 2.45) is 0 Å². The third-order valence-electron chi connectivity index (χ3n) is 7.53. The summed E-state index contributed by atoms with van der Waals surface area (Å²) < 4.78 is 17.6. The van der Waals surface area contributed by atoms with E-state index in [0.717, 1.165) is 80.1 Å². The summed E-state index contributed by atoms with van der Waals surface area (Å²) >= 11 is 1.87. The number of thioether (sulfide) groups is 1. The van der Waals surface area contributed by atoms with Crippen LogP contribution in [0.25, 0.3) is 10.9 Å². The molecule has 0 bridgehead atoms. The molecule has 40 heavy (non-hydrogen) atoms. The van der Waals surface area contributed by atoms with Crippen molar-refractivity contribution in [2.75, 3.05) is 67.7 Å². The summed E-state index contributed by atoms with van der Waals surface area (Å²) in [4.78, 5) is 34.7. The molecule has 0 aromatic carbocycles. The SMILES string of the molecule is O=C(COc1cnc(NC2CCC(Oc3nc(N4CCOCC4)cc4ncccc34)CC2)nc1)N1CCSCC1. The van der Waals surface area contributed by atoms with Crippen LogP contribution >= 0.6 is 11.8 Å². The van der Waals surface area contributed by atoms with E-state index in [0.29, 0.717) is 30.8 Å². The number of nitrogens with one attached hydrogen (secondary N) is 1. The highest BCUT2D eigenvalue weighted by Crippen LogP contribution is 2.31. The second-order valence-electron chi connectivity index (χ2n) is 10.2. The van der Waals surface area contributed by atoms with Crippen molar-refractivity contribution < 1.29 is 19.0 Å². The number of pyridine rings is 2. The number of hydrogen-bond donors (Lipinski definition) is 1. The van der Waals surface area contributed by atoms with Gasteiger partial charge >= 0.3 is 0 Å². The van der Waals surface area contributed by atoms with E-state index in [4.69, 9.17) is 19.2 Å². The fraction of sp³-hybridized carbons (Fsp3) is 0.536. The summed E-state index contributed by atoms with van der Waals surface area (Å²) in [6.45, 7) is 4.61. The molecule has 3 aliphatic rings. The van der Waals surface area contributed by atoms with E-state index in [1.54, 1.807) is 18.6 Å². The Kier molecular flexibility index (Phi) is 8.62. The first-order chi connectivity index (χ1) is 19.7. The number of amides is 1. The second-order valence-corrected chi connectivity index (χ2v) is 11.4. The molecule has 1 N–H and O–H groups in total. The minimum absolute atomic E-state index is 0.00811. The average molecular weight is 566 g/mol. The minimum Gasteiger partial charge on any atom is -0.481 e. The van der Waals surface area contributed by atoms with E-state index in [9.17, 15) is 4.79 Å². The first-order valence-electron chi connectivity index (χ1n) is 14.0. The number of carbonyl (C=O) groups excluding carboxylic acids is 1. The number of nitrogens with zero attached hydrogens (tertiary/aromatic N) is 6. The summed E-state index contributed by atoms with van der Waals surface area (Å²) in [5.74, 6) is 4.57. The Labute approximate surface area is 238 Å². The molecule has 1 amide bonds. The molecule has 0 atom stereocenters. The van der Waals surface area contributed by atoms with Crippen molar-refractivity contribution >= 4 is 40.3 Å². The summed E-state index contributed by atoms with van der Waals surface area (Å²) in [6, 6.07) is 6.25. The van der Waals surface area contributed by atoms with Crippen LogP contribution in [0.4, 0.5) is 11.8 Å². The van der Waals surface area contributed by atoms with Gasteiger partial charge in [0.1, 0.15) is 11.9 Å². The molecular weight excluding hydrogens is 530 g/mol. The first-order valence-corrected chi connectivity index (χ1v) is 15.2. The zero-order valence-corrected chi connectivity index (χ0v) is 23.4. The van der Waals surface area contributed by atoms with Crippen LogP contribution in [-0.2, 0) is 9.53 Å². The Balaban J connectivity index is 1.00. The molecule has 3 aromatic heterocycles. The average Bonchev–Trinajstić information content (AvgIpc) is 3.02. The highest BCUT2D eigenvalue weighted by Gasteiger charge is 2.25. The van der Waals surface area contributed by atoms with Crippen molar-refractivity contribution in [3.05, 3.63) is 36.8 Å². The van der Waals surface area contributed by atoms with Gasteiger partial charge in [0.05, 0.1) is 36.5 Å². The van der Waals surface area contributed by atoms with Gasteiger partial charge in [0.2, 0.25) is 11.8 Å². The van der Waals surface area contributed by atoms with Crippen LogP contribution in [0.1, 0.15) is 25.7 Å². The van der Waals surface area contributed by atoms with Crippen LogP contribution in [0.15, 0.2) is 36.8 Å². The van der Waals surface area contributed by atoms with Gasteiger partial charge in [-0.1, -0.05) is 0 Å². The molecule has 0 radical (unpaired) electrons. The zero-order valence-electron chi connectivity index (χ0n) is 22.5. The molecular formula is C28H35N7O4S. The number of rotatable bonds is 8. The summed E-state index contributed by atoms with van der Waals surface area (Å²) in [6.07, 6.45) is 8.82. The van der Waals surface area contributed by atoms with Crippen molar-refractivity contribution in [1.82, 2.24) is 24.8 Å². The van der Waals surface area contributed by atoms with E-state index in [1.807, 2.05) is 34.9 Å². The lowest BCUT2D eigenvalue weighted by molar-refractivity contribution is -0.133. The van der Waals surface area contributed by atoms with Crippen molar-refractivity contribution in [2.45, 2.75) is 37.8 Å². The Morgan fingerprint density at radius 1 is 1.05 bits per heavy atom. The van der Waals surface area contributed by atoms with Crippen LogP contribution in [0.3, 0.4) is 0 Å². The summed E-state index contributed by atoms with van der Waals surface area (Å²) in [7, 11) is 0.